The minimum Gasteiger partial charge on any atom is -0.461 e. The van der Waals surface area contributed by atoms with Gasteiger partial charge in [-0.3, -0.25) is 4.79 Å². The van der Waals surface area contributed by atoms with Gasteiger partial charge in [-0.25, -0.2) is 0 Å². The van der Waals surface area contributed by atoms with Crippen molar-refractivity contribution in [1.29, 1.82) is 0 Å². The van der Waals surface area contributed by atoms with E-state index < -0.39 is 0 Å². The Morgan fingerprint density at radius 3 is 2.56 bits per heavy atom. The first kappa shape index (κ1) is 16.9. The van der Waals surface area contributed by atoms with Gasteiger partial charge in [0.1, 0.15) is 6.61 Å². The number of ether oxygens (including phenoxy) is 1. The SMILES string of the molecule is C=CCC/C(C)=C\COC(=O)CCCCCCC. The molecule has 0 aromatic heterocycles. The Morgan fingerprint density at radius 1 is 1.17 bits per heavy atom. The molecule has 0 atom stereocenters. The third kappa shape index (κ3) is 11.4. The molecule has 0 radical (unpaired) electrons. The monoisotopic (exact) mass is 252 g/mol. The van der Waals surface area contributed by atoms with Crippen molar-refractivity contribution in [1.82, 2.24) is 0 Å². The van der Waals surface area contributed by atoms with Crippen molar-refractivity contribution in [2.24, 2.45) is 0 Å². The molecule has 0 bridgehead atoms. The Labute approximate surface area is 112 Å². The minimum absolute atomic E-state index is 0.0701. The van der Waals surface area contributed by atoms with Gasteiger partial charge in [-0.05, 0) is 32.3 Å². The van der Waals surface area contributed by atoms with Gasteiger partial charge < -0.3 is 4.74 Å². The van der Waals surface area contributed by atoms with Crippen LogP contribution in [0.4, 0.5) is 0 Å². The molecule has 0 spiro atoms. The van der Waals surface area contributed by atoms with Crippen LogP contribution in [-0.4, -0.2) is 12.6 Å². The van der Waals surface area contributed by atoms with Crippen LogP contribution in [0.1, 0.15) is 65.2 Å². The van der Waals surface area contributed by atoms with Crippen molar-refractivity contribution in [3.05, 3.63) is 24.3 Å². The highest BCUT2D eigenvalue weighted by Crippen LogP contribution is 2.07. The van der Waals surface area contributed by atoms with Crippen LogP contribution in [0, 0.1) is 0 Å². The van der Waals surface area contributed by atoms with Crippen molar-refractivity contribution in [2.75, 3.05) is 6.61 Å². The second kappa shape index (κ2) is 12.4. The quantitative estimate of drug-likeness (QED) is 0.300. The third-order valence-electron chi connectivity index (χ3n) is 2.90. The number of unbranched alkanes of at least 4 members (excludes halogenated alkanes) is 4. The maximum atomic E-state index is 11.4. The molecule has 0 amide bonds. The molecule has 0 unspecified atom stereocenters. The first-order valence-electron chi connectivity index (χ1n) is 7.12. The molecule has 0 aliphatic heterocycles. The van der Waals surface area contributed by atoms with E-state index >= 15 is 0 Å². The highest BCUT2D eigenvalue weighted by molar-refractivity contribution is 5.69. The molecular weight excluding hydrogens is 224 g/mol. The van der Waals surface area contributed by atoms with Crippen LogP contribution in [0.3, 0.4) is 0 Å². The van der Waals surface area contributed by atoms with Crippen molar-refractivity contribution < 1.29 is 9.53 Å². The van der Waals surface area contributed by atoms with Crippen LogP contribution in [0.5, 0.6) is 0 Å². The number of esters is 1. The highest BCUT2D eigenvalue weighted by atomic mass is 16.5. The molecule has 0 saturated carbocycles. The zero-order valence-electron chi connectivity index (χ0n) is 12.0. The average Bonchev–Trinajstić information content (AvgIpc) is 2.36. The lowest BCUT2D eigenvalue weighted by Gasteiger charge is -2.03. The van der Waals surface area contributed by atoms with E-state index in [0.29, 0.717) is 13.0 Å². The highest BCUT2D eigenvalue weighted by Gasteiger charge is 2.01. The summed E-state index contributed by atoms with van der Waals surface area (Å²) in [7, 11) is 0. The molecule has 0 aliphatic carbocycles. The fraction of sp³-hybridized carbons (Fsp3) is 0.688. The summed E-state index contributed by atoms with van der Waals surface area (Å²) < 4.78 is 5.16. The standard InChI is InChI=1S/C16H28O2/c1-4-6-8-9-10-12-16(17)18-14-13-15(3)11-7-5-2/h5,13H,2,4,6-12,14H2,1,3H3/b15-13-. The summed E-state index contributed by atoms with van der Waals surface area (Å²) >= 11 is 0. The molecule has 0 aromatic rings. The fourth-order valence-corrected chi connectivity index (χ4v) is 1.65. The van der Waals surface area contributed by atoms with Gasteiger partial charge in [-0.15, -0.1) is 6.58 Å². The number of carbonyl (C=O) groups is 1. The second-order valence-corrected chi connectivity index (χ2v) is 4.73. The van der Waals surface area contributed by atoms with Gasteiger partial charge in [-0.1, -0.05) is 44.3 Å². The molecule has 2 heteroatoms. The summed E-state index contributed by atoms with van der Waals surface area (Å²) in [5.41, 5.74) is 1.26. The fourth-order valence-electron chi connectivity index (χ4n) is 1.65. The van der Waals surface area contributed by atoms with E-state index in [1.54, 1.807) is 0 Å². The molecule has 18 heavy (non-hydrogen) atoms. The van der Waals surface area contributed by atoms with Gasteiger partial charge in [0.2, 0.25) is 0 Å². The van der Waals surface area contributed by atoms with E-state index in [1.165, 1.54) is 24.8 Å². The number of allylic oxidation sites excluding steroid dienone is 2. The summed E-state index contributed by atoms with van der Waals surface area (Å²) in [6, 6.07) is 0. The molecule has 0 aliphatic rings. The Hall–Kier alpha value is -1.05. The van der Waals surface area contributed by atoms with Gasteiger partial charge in [0, 0.05) is 6.42 Å². The van der Waals surface area contributed by atoms with Gasteiger partial charge >= 0.3 is 5.97 Å². The first-order chi connectivity index (χ1) is 8.70. The second-order valence-electron chi connectivity index (χ2n) is 4.73. The van der Waals surface area contributed by atoms with Crippen molar-refractivity contribution >= 4 is 5.97 Å². The zero-order valence-corrected chi connectivity index (χ0v) is 12.0. The maximum Gasteiger partial charge on any atom is 0.306 e. The Kier molecular flexibility index (Phi) is 11.7. The molecule has 2 nitrogen and oxygen atoms in total. The largest absolute Gasteiger partial charge is 0.461 e. The van der Waals surface area contributed by atoms with E-state index in [0.717, 1.165) is 25.7 Å². The molecule has 0 saturated heterocycles. The van der Waals surface area contributed by atoms with Crippen LogP contribution in [0.2, 0.25) is 0 Å². The van der Waals surface area contributed by atoms with Crippen molar-refractivity contribution in [3.8, 4) is 0 Å². The lowest BCUT2D eigenvalue weighted by atomic mass is 10.1. The molecule has 104 valence electrons. The van der Waals surface area contributed by atoms with Gasteiger partial charge in [0.05, 0.1) is 0 Å². The summed E-state index contributed by atoms with van der Waals surface area (Å²) in [6.07, 6.45) is 12.2. The molecule has 0 heterocycles. The topological polar surface area (TPSA) is 26.3 Å². The van der Waals surface area contributed by atoms with Gasteiger partial charge in [-0.2, -0.15) is 0 Å². The van der Waals surface area contributed by atoms with E-state index in [-0.39, 0.29) is 5.97 Å². The maximum absolute atomic E-state index is 11.4. The zero-order chi connectivity index (χ0) is 13.6. The first-order valence-corrected chi connectivity index (χ1v) is 7.12. The number of hydrogen-bond acceptors (Lipinski definition) is 2. The number of hydrogen-bond donors (Lipinski definition) is 0. The predicted molar refractivity (Wildman–Crippen MR) is 77.5 cm³/mol. The normalized spacial score (nSPS) is 11.3. The van der Waals surface area contributed by atoms with Crippen LogP contribution in [0.25, 0.3) is 0 Å². The van der Waals surface area contributed by atoms with E-state index in [4.69, 9.17) is 4.74 Å². The van der Waals surface area contributed by atoms with Crippen molar-refractivity contribution in [2.45, 2.75) is 65.2 Å². The molecular formula is C16H28O2. The Bertz CT molecular complexity index is 254. The Morgan fingerprint density at radius 2 is 1.89 bits per heavy atom. The average molecular weight is 252 g/mol. The summed E-state index contributed by atoms with van der Waals surface area (Å²) in [5.74, 6) is -0.0701. The smallest absolute Gasteiger partial charge is 0.306 e. The van der Waals surface area contributed by atoms with Crippen LogP contribution < -0.4 is 0 Å². The van der Waals surface area contributed by atoms with Crippen molar-refractivity contribution in [3.63, 3.8) is 0 Å². The van der Waals surface area contributed by atoms with E-state index in [9.17, 15) is 4.79 Å². The van der Waals surface area contributed by atoms with Gasteiger partial charge in [0.25, 0.3) is 0 Å². The van der Waals surface area contributed by atoms with Crippen LogP contribution in [-0.2, 0) is 9.53 Å². The molecule has 0 fully saturated rings. The summed E-state index contributed by atoms with van der Waals surface area (Å²) in [6.45, 7) is 8.34. The third-order valence-corrected chi connectivity index (χ3v) is 2.90. The van der Waals surface area contributed by atoms with E-state index in [1.807, 2.05) is 12.2 Å². The number of carbonyl (C=O) groups excluding carboxylic acids is 1. The number of rotatable bonds is 11. The predicted octanol–water partition coefficient (Wildman–Crippen LogP) is 4.80. The van der Waals surface area contributed by atoms with Crippen LogP contribution in [0.15, 0.2) is 24.3 Å². The Balaban J connectivity index is 3.49. The summed E-state index contributed by atoms with van der Waals surface area (Å²) in [5, 5.41) is 0. The molecule has 0 aromatic carbocycles. The molecule has 0 N–H and O–H groups in total. The molecule has 0 rings (SSSR count). The summed E-state index contributed by atoms with van der Waals surface area (Å²) in [4.78, 5) is 11.4. The lowest BCUT2D eigenvalue weighted by molar-refractivity contribution is -0.142. The van der Waals surface area contributed by atoms with Crippen LogP contribution >= 0.6 is 0 Å². The van der Waals surface area contributed by atoms with E-state index in [2.05, 4.69) is 20.4 Å². The van der Waals surface area contributed by atoms with Gasteiger partial charge in [0.15, 0.2) is 0 Å². The lowest BCUT2D eigenvalue weighted by Crippen LogP contribution is -2.04. The minimum atomic E-state index is -0.0701.